The lowest BCUT2D eigenvalue weighted by Gasteiger charge is -2.29. The molecular formula is C22H29N3O3S. The third kappa shape index (κ3) is 4.25. The van der Waals surface area contributed by atoms with Gasteiger partial charge in [-0.1, -0.05) is 31.0 Å². The molecule has 1 fully saturated rings. The highest BCUT2D eigenvalue weighted by Gasteiger charge is 2.30. The molecule has 1 amide bonds. The van der Waals surface area contributed by atoms with Crippen molar-refractivity contribution >= 4 is 15.7 Å². The van der Waals surface area contributed by atoms with Crippen molar-refractivity contribution in [3.8, 4) is 0 Å². The molecule has 1 saturated carbocycles. The lowest BCUT2D eigenvalue weighted by molar-refractivity contribution is -0.133. The number of carbonyl (C=O) groups is 1. The first-order valence-electron chi connectivity index (χ1n) is 10.6. The minimum absolute atomic E-state index is 0.0166. The third-order valence-corrected chi connectivity index (χ3v) is 8.02. The topological polar surface area (TPSA) is 72.3 Å². The normalized spacial score (nSPS) is 16.9. The monoisotopic (exact) mass is 415 g/mol. The first-order chi connectivity index (χ1) is 14.0. The van der Waals surface area contributed by atoms with Gasteiger partial charge in [-0.3, -0.25) is 9.48 Å². The minimum Gasteiger partial charge on any atom is -0.334 e. The fourth-order valence-electron chi connectivity index (χ4n) is 4.73. The van der Waals surface area contributed by atoms with E-state index in [1.807, 2.05) is 16.6 Å². The highest BCUT2D eigenvalue weighted by Crippen LogP contribution is 2.29. The van der Waals surface area contributed by atoms with E-state index in [2.05, 4.69) is 5.10 Å². The van der Waals surface area contributed by atoms with Crippen LogP contribution in [0.4, 0.5) is 0 Å². The summed E-state index contributed by atoms with van der Waals surface area (Å²) in [6, 6.07) is 8.58. The number of carbonyl (C=O) groups excluding carboxylic acids is 1. The molecule has 7 heteroatoms. The molecule has 0 atom stereocenters. The molecule has 0 spiro atoms. The summed E-state index contributed by atoms with van der Waals surface area (Å²) in [5.74, 6) is -0.229. The van der Waals surface area contributed by atoms with Gasteiger partial charge < -0.3 is 4.90 Å². The SMILES string of the molecule is Cn1nc(CN(C(=O)CCS(=O)(=O)c2ccccc2)C2CCCC2)c2c1CCC2. The standard InChI is InChI=1S/C22H29N3O3S/c1-24-21-13-7-12-19(21)20(23-24)16-25(17-8-5-6-9-17)22(26)14-15-29(27,28)18-10-3-2-4-11-18/h2-4,10-11,17H,5-9,12-16H2,1H3. The van der Waals surface area contributed by atoms with Crippen LogP contribution in [0.5, 0.6) is 0 Å². The molecule has 0 unspecified atom stereocenters. The second-order valence-electron chi connectivity index (χ2n) is 8.19. The van der Waals surface area contributed by atoms with Crippen molar-refractivity contribution in [1.29, 1.82) is 0 Å². The van der Waals surface area contributed by atoms with Crippen LogP contribution >= 0.6 is 0 Å². The molecule has 0 N–H and O–H groups in total. The van der Waals surface area contributed by atoms with Crippen LogP contribution in [0.3, 0.4) is 0 Å². The average molecular weight is 416 g/mol. The first-order valence-corrected chi connectivity index (χ1v) is 12.2. The Bertz CT molecular complexity index is 976. The number of rotatable bonds is 7. The van der Waals surface area contributed by atoms with Gasteiger partial charge in [0.15, 0.2) is 9.84 Å². The molecule has 0 aliphatic heterocycles. The largest absolute Gasteiger partial charge is 0.334 e. The quantitative estimate of drug-likeness (QED) is 0.697. The van der Waals surface area contributed by atoms with Crippen LogP contribution < -0.4 is 0 Å². The van der Waals surface area contributed by atoms with E-state index in [4.69, 9.17) is 0 Å². The van der Waals surface area contributed by atoms with E-state index in [-0.39, 0.29) is 29.0 Å². The van der Waals surface area contributed by atoms with E-state index in [0.29, 0.717) is 6.54 Å². The summed E-state index contributed by atoms with van der Waals surface area (Å²) in [4.78, 5) is 15.3. The summed E-state index contributed by atoms with van der Waals surface area (Å²) in [7, 11) is -1.48. The van der Waals surface area contributed by atoms with Gasteiger partial charge in [0, 0.05) is 25.2 Å². The molecule has 4 rings (SSSR count). The molecule has 6 nitrogen and oxygen atoms in total. The van der Waals surface area contributed by atoms with Gasteiger partial charge in [0.2, 0.25) is 5.91 Å². The van der Waals surface area contributed by atoms with Crippen molar-refractivity contribution in [3.05, 3.63) is 47.3 Å². The van der Waals surface area contributed by atoms with Gasteiger partial charge in [-0.15, -0.1) is 0 Å². The minimum atomic E-state index is -3.46. The van der Waals surface area contributed by atoms with Gasteiger partial charge in [-0.2, -0.15) is 5.10 Å². The van der Waals surface area contributed by atoms with Gasteiger partial charge in [0.05, 0.1) is 22.9 Å². The molecule has 0 bridgehead atoms. The maximum absolute atomic E-state index is 13.1. The molecule has 0 saturated heterocycles. The summed E-state index contributed by atoms with van der Waals surface area (Å²) in [5.41, 5.74) is 3.57. The second kappa shape index (κ2) is 8.30. The molecule has 29 heavy (non-hydrogen) atoms. The zero-order chi connectivity index (χ0) is 20.4. The van der Waals surface area contributed by atoms with E-state index < -0.39 is 9.84 Å². The average Bonchev–Trinajstić information content (AvgIpc) is 3.46. The molecule has 1 heterocycles. The van der Waals surface area contributed by atoms with Gasteiger partial charge >= 0.3 is 0 Å². The number of aromatic nitrogens is 2. The molecule has 1 aromatic carbocycles. The van der Waals surface area contributed by atoms with Crippen LogP contribution in [0.25, 0.3) is 0 Å². The molecular weight excluding hydrogens is 386 g/mol. The third-order valence-electron chi connectivity index (χ3n) is 6.29. The number of fused-ring (bicyclic) bond motifs is 1. The number of nitrogens with zero attached hydrogens (tertiary/aromatic N) is 3. The Labute approximate surface area is 172 Å². The smallest absolute Gasteiger partial charge is 0.224 e. The van der Waals surface area contributed by atoms with Gasteiger partial charge in [-0.05, 0) is 49.8 Å². The van der Waals surface area contributed by atoms with Crippen LogP contribution in [0.2, 0.25) is 0 Å². The molecule has 0 radical (unpaired) electrons. The van der Waals surface area contributed by atoms with E-state index in [1.165, 1.54) is 11.3 Å². The fraction of sp³-hybridized carbons (Fsp3) is 0.545. The summed E-state index contributed by atoms with van der Waals surface area (Å²) >= 11 is 0. The van der Waals surface area contributed by atoms with Crippen molar-refractivity contribution in [3.63, 3.8) is 0 Å². The maximum atomic E-state index is 13.1. The molecule has 2 aliphatic rings. The summed E-state index contributed by atoms with van der Waals surface area (Å²) in [6.07, 6.45) is 7.45. The highest BCUT2D eigenvalue weighted by atomic mass is 32.2. The van der Waals surface area contributed by atoms with Crippen molar-refractivity contribution in [2.75, 3.05) is 5.75 Å². The van der Waals surface area contributed by atoms with Crippen LogP contribution in [0, 0.1) is 0 Å². The van der Waals surface area contributed by atoms with Crippen molar-refractivity contribution in [1.82, 2.24) is 14.7 Å². The molecule has 2 aromatic rings. The number of amides is 1. The molecule has 156 valence electrons. The van der Waals surface area contributed by atoms with Crippen molar-refractivity contribution < 1.29 is 13.2 Å². The maximum Gasteiger partial charge on any atom is 0.224 e. The summed E-state index contributed by atoms with van der Waals surface area (Å²) < 4.78 is 27.2. The number of benzene rings is 1. The lowest BCUT2D eigenvalue weighted by Crippen LogP contribution is -2.39. The zero-order valence-corrected chi connectivity index (χ0v) is 17.8. The van der Waals surface area contributed by atoms with E-state index in [0.717, 1.165) is 50.6 Å². The predicted molar refractivity (Wildman–Crippen MR) is 111 cm³/mol. The van der Waals surface area contributed by atoms with Crippen LogP contribution in [0.15, 0.2) is 35.2 Å². The molecule has 1 aromatic heterocycles. The van der Waals surface area contributed by atoms with Crippen LogP contribution in [-0.2, 0) is 41.1 Å². The number of hydrogen-bond acceptors (Lipinski definition) is 4. The Kier molecular flexibility index (Phi) is 5.76. The van der Waals surface area contributed by atoms with Crippen LogP contribution in [0.1, 0.15) is 55.5 Å². The summed E-state index contributed by atoms with van der Waals surface area (Å²) in [6.45, 7) is 0.498. The van der Waals surface area contributed by atoms with Crippen molar-refractivity contribution in [2.45, 2.75) is 68.8 Å². The zero-order valence-electron chi connectivity index (χ0n) is 17.0. The van der Waals surface area contributed by atoms with E-state index in [9.17, 15) is 13.2 Å². The van der Waals surface area contributed by atoms with Crippen LogP contribution in [-0.4, -0.2) is 40.8 Å². The number of aryl methyl sites for hydroxylation is 1. The Morgan fingerprint density at radius 3 is 2.59 bits per heavy atom. The van der Waals surface area contributed by atoms with Gasteiger partial charge in [0.25, 0.3) is 0 Å². The highest BCUT2D eigenvalue weighted by molar-refractivity contribution is 7.91. The molecule has 2 aliphatic carbocycles. The Morgan fingerprint density at radius 1 is 1.14 bits per heavy atom. The van der Waals surface area contributed by atoms with E-state index in [1.54, 1.807) is 30.3 Å². The van der Waals surface area contributed by atoms with Gasteiger partial charge in [-0.25, -0.2) is 8.42 Å². The van der Waals surface area contributed by atoms with E-state index >= 15 is 0 Å². The number of sulfone groups is 1. The number of hydrogen-bond donors (Lipinski definition) is 0. The fourth-order valence-corrected chi connectivity index (χ4v) is 5.98. The Morgan fingerprint density at radius 2 is 1.86 bits per heavy atom. The lowest BCUT2D eigenvalue weighted by atomic mass is 10.1. The Hall–Kier alpha value is -2.15. The second-order valence-corrected chi connectivity index (χ2v) is 10.3. The first kappa shape index (κ1) is 20.1. The Balaban J connectivity index is 1.50. The predicted octanol–water partition coefficient (Wildman–Crippen LogP) is 3.04. The van der Waals surface area contributed by atoms with Crippen molar-refractivity contribution in [2.24, 2.45) is 7.05 Å². The summed E-state index contributed by atoms with van der Waals surface area (Å²) in [5, 5.41) is 4.69. The van der Waals surface area contributed by atoms with Gasteiger partial charge in [0.1, 0.15) is 0 Å².